The van der Waals surface area contributed by atoms with Crippen LogP contribution < -0.4 is 5.32 Å². The number of rotatable bonds is 6. The Morgan fingerprint density at radius 3 is 2.78 bits per heavy atom. The number of pyridine rings is 1. The summed E-state index contributed by atoms with van der Waals surface area (Å²) in [6, 6.07) is 10.2. The molecule has 1 unspecified atom stereocenters. The molecule has 1 N–H and O–H groups in total. The van der Waals surface area contributed by atoms with E-state index >= 15 is 0 Å². The van der Waals surface area contributed by atoms with Gasteiger partial charge in [-0.25, -0.2) is 18.1 Å². The van der Waals surface area contributed by atoms with E-state index in [1.165, 1.54) is 6.07 Å². The molecule has 1 saturated heterocycles. The number of hydrogen-bond acceptors (Lipinski definition) is 5. The van der Waals surface area contributed by atoms with Crippen LogP contribution in [-0.4, -0.2) is 46.0 Å². The number of carbonyl (C=O) groups is 1. The van der Waals surface area contributed by atoms with Gasteiger partial charge in [0.2, 0.25) is 10.0 Å². The van der Waals surface area contributed by atoms with Gasteiger partial charge >= 0.3 is 0 Å². The van der Waals surface area contributed by atoms with Crippen molar-refractivity contribution in [2.24, 2.45) is 0 Å². The number of amides is 1. The normalized spacial score (nSPS) is 17.2. The Morgan fingerprint density at radius 2 is 2.03 bits per heavy atom. The van der Waals surface area contributed by atoms with Crippen molar-refractivity contribution in [2.75, 3.05) is 6.54 Å². The summed E-state index contributed by atoms with van der Waals surface area (Å²) in [5.41, 5.74) is 1.86. The van der Waals surface area contributed by atoms with Crippen LogP contribution >= 0.6 is 0 Å². The van der Waals surface area contributed by atoms with Crippen LogP contribution in [0.15, 0.2) is 59.9 Å². The summed E-state index contributed by atoms with van der Waals surface area (Å²) in [6.45, 7) is 4.48. The highest BCUT2D eigenvalue weighted by Crippen LogP contribution is 2.26. The number of nitrogens with zero attached hydrogens (tertiary/aromatic N) is 4. The monoisotopic (exact) mass is 453 g/mol. The minimum absolute atomic E-state index is 0.0429. The molecule has 4 rings (SSSR count). The summed E-state index contributed by atoms with van der Waals surface area (Å²) < 4.78 is 29.6. The molecule has 0 saturated carbocycles. The Bertz CT molecular complexity index is 1210. The highest BCUT2D eigenvalue weighted by Gasteiger charge is 2.31. The topological polar surface area (TPSA) is 97.2 Å². The molecule has 1 aliphatic rings. The number of hydrogen-bond donors (Lipinski definition) is 1. The van der Waals surface area contributed by atoms with Crippen LogP contribution in [0.5, 0.6) is 0 Å². The third-order valence-corrected chi connectivity index (χ3v) is 7.84. The predicted molar refractivity (Wildman–Crippen MR) is 121 cm³/mol. The quantitative estimate of drug-likeness (QED) is 0.619. The van der Waals surface area contributed by atoms with Crippen LogP contribution in [0.3, 0.4) is 0 Å². The minimum atomic E-state index is -3.66. The van der Waals surface area contributed by atoms with Gasteiger partial charge in [0.15, 0.2) is 5.82 Å². The van der Waals surface area contributed by atoms with Gasteiger partial charge < -0.3 is 5.32 Å². The molecule has 32 heavy (non-hydrogen) atoms. The number of sulfonamides is 1. The molecule has 168 valence electrons. The molecule has 1 atom stereocenters. The molecular weight excluding hydrogens is 426 g/mol. The van der Waals surface area contributed by atoms with Gasteiger partial charge in [-0.1, -0.05) is 18.6 Å². The molecule has 0 radical (unpaired) electrons. The van der Waals surface area contributed by atoms with Crippen molar-refractivity contribution in [2.45, 2.75) is 50.6 Å². The second kappa shape index (κ2) is 9.22. The summed E-state index contributed by atoms with van der Waals surface area (Å²) in [4.78, 5) is 17.5. The maximum Gasteiger partial charge on any atom is 0.251 e. The van der Waals surface area contributed by atoms with Gasteiger partial charge in [0.05, 0.1) is 4.90 Å². The van der Waals surface area contributed by atoms with Crippen LogP contribution in [0.2, 0.25) is 0 Å². The third kappa shape index (κ3) is 4.44. The summed E-state index contributed by atoms with van der Waals surface area (Å²) in [7, 11) is -3.66. The zero-order valence-electron chi connectivity index (χ0n) is 18.2. The first kappa shape index (κ1) is 22.2. The SMILES string of the molecule is Cc1ccc(S(=O)(=O)N2CCCCC2C)cc1C(=O)NCc1cccnc1-n1cccn1. The van der Waals surface area contributed by atoms with E-state index in [0.717, 1.165) is 24.8 Å². The average Bonchev–Trinajstić information content (AvgIpc) is 3.33. The largest absolute Gasteiger partial charge is 0.348 e. The lowest BCUT2D eigenvalue weighted by Crippen LogP contribution is -2.42. The van der Waals surface area contributed by atoms with Crippen LogP contribution in [-0.2, 0) is 16.6 Å². The number of benzene rings is 1. The molecule has 3 heterocycles. The van der Waals surface area contributed by atoms with E-state index < -0.39 is 10.0 Å². The Kier molecular flexibility index (Phi) is 6.38. The van der Waals surface area contributed by atoms with Crippen molar-refractivity contribution in [1.29, 1.82) is 0 Å². The highest BCUT2D eigenvalue weighted by molar-refractivity contribution is 7.89. The van der Waals surface area contributed by atoms with Crippen molar-refractivity contribution in [1.82, 2.24) is 24.4 Å². The molecule has 1 amide bonds. The summed E-state index contributed by atoms with van der Waals surface area (Å²) in [5, 5.41) is 7.10. The van der Waals surface area contributed by atoms with Gasteiger partial charge in [-0.15, -0.1) is 0 Å². The van der Waals surface area contributed by atoms with E-state index in [0.29, 0.717) is 23.5 Å². The van der Waals surface area contributed by atoms with Crippen molar-refractivity contribution < 1.29 is 13.2 Å². The van der Waals surface area contributed by atoms with E-state index in [4.69, 9.17) is 0 Å². The second-order valence-electron chi connectivity index (χ2n) is 8.06. The molecule has 9 heteroatoms. The standard InChI is InChI=1S/C23H27N5O3S/c1-17-9-10-20(32(30,31)28-14-4-3-7-18(28)2)15-21(17)23(29)25-16-19-8-5-11-24-22(19)27-13-6-12-26-27/h5-6,8-13,15,18H,3-4,7,14,16H2,1-2H3,(H,25,29). The minimum Gasteiger partial charge on any atom is -0.348 e. The lowest BCUT2D eigenvalue weighted by Gasteiger charge is -2.32. The molecule has 0 bridgehead atoms. The van der Waals surface area contributed by atoms with E-state index in [1.807, 2.05) is 13.0 Å². The van der Waals surface area contributed by atoms with E-state index in [9.17, 15) is 13.2 Å². The zero-order valence-corrected chi connectivity index (χ0v) is 19.0. The molecule has 1 aliphatic heterocycles. The average molecular weight is 454 g/mol. The predicted octanol–water partition coefficient (Wildman–Crippen LogP) is 3.07. The van der Waals surface area contributed by atoms with Gasteiger partial charge in [-0.2, -0.15) is 9.40 Å². The molecule has 0 aliphatic carbocycles. The molecule has 8 nitrogen and oxygen atoms in total. The van der Waals surface area contributed by atoms with Crippen molar-refractivity contribution in [3.8, 4) is 5.82 Å². The number of piperidine rings is 1. The first-order valence-electron chi connectivity index (χ1n) is 10.7. The molecule has 1 aromatic carbocycles. The Morgan fingerprint density at radius 1 is 1.19 bits per heavy atom. The van der Waals surface area contributed by atoms with Gasteiger partial charge in [-0.05, 0) is 56.5 Å². The van der Waals surface area contributed by atoms with Crippen LogP contribution in [0.1, 0.15) is 47.7 Å². The van der Waals surface area contributed by atoms with Gasteiger partial charge in [0.25, 0.3) is 5.91 Å². The number of carbonyl (C=O) groups excluding carboxylic acids is 1. The molecular formula is C23H27N5O3S. The van der Waals surface area contributed by atoms with Crippen molar-refractivity contribution in [3.05, 3.63) is 71.7 Å². The number of aromatic nitrogens is 3. The fourth-order valence-corrected chi connectivity index (χ4v) is 5.74. The van der Waals surface area contributed by atoms with Crippen molar-refractivity contribution >= 4 is 15.9 Å². The lowest BCUT2D eigenvalue weighted by atomic mass is 10.1. The zero-order chi connectivity index (χ0) is 22.7. The van der Waals surface area contributed by atoms with E-state index in [-0.39, 0.29) is 23.4 Å². The first-order chi connectivity index (χ1) is 15.4. The smallest absolute Gasteiger partial charge is 0.251 e. The maximum absolute atomic E-state index is 13.2. The lowest BCUT2D eigenvalue weighted by molar-refractivity contribution is 0.0950. The van der Waals surface area contributed by atoms with Gasteiger partial charge in [0, 0.05) is 48.8 Å². The third-order valence-electron chi connectivity index (χ3n) is 5.83. The Labute approximate surface area is 188 Å². The highest BCUT2D eigenvalue weighted by atomic mass is 32.2. The summed E-state index contributed by atoms with van der Waals surface area (Å²) in [5.74, 6) is 0.298. The Hall–Kier alpha value is -3.04. The number of nitrogens with one attached hydrogen (secondary N) is 1. The van der Waals surface area contributed by atoms with Crippen LogP contribution in [0.4, 0.5) is 0 Å². The molecule has 1 fully saturated rings. The summed E-state index contributed by atoms with van der Waals surface area (Å²) in [6.07, 6.45) is 7.85. The first-order valence-corrected chi connectivity index (χ1v) is 12.2. The summed E-state index contributed by atoms with van der Waals surface area (Å²) >= 11 is 0. The fourth-order valence-electron chi connectivity index (χ4n) is 4.01. The number of aryl methyl sites for hydroxylation is 1. The molecule has 0 spiro atoms. The second-order valence-corrected chi connectivity index (χ2v) is 9.95. The maximum atomic E-state index is 13.2. The van der Waals surface area contributed by atoms with Crippen LogP contribution in [0, 0.1) is 6.92 Å². The fraction of sp³-hybridized carbons (Fsp3) is 0.348. The Balaban J connectivity index is 1.55. The van der Waals surface area contributed by atoms with E-state index in [1.54, 1.807) is 58.8 Å². The molecule has 2 aromatic heterocycles. The van der Waals surface area contributed by atoms with Gasteiger partial charge in [-0.3, -0.25) is 4.79 Å². The van der Waals surface area contributed by atoms with Gasteiger partial charge in [0.1, 0.15) is 0 Å². The van der Waals surface area contributed by atoms with Crippen molar-refractivity contribution in [3.63, 3.8) is 0 Å². The molecule has 3 aromatic rings. The van der Waals surface area contributed by atoms with E-state index in [2.05, 4.69) is 15.4 Å². The van der Waals surface area contributed by atoms with Crippen LogP contribution in [0.25, 0.3) is 5.82 Å².